The van der Waals surface area contributed by atoms with Crippen LogP contribution in [0.3, 0.4) is 0 Å². The Balaban J connectivity index is 1.63. The number of fused-ring (bicyclic) bond motifs is 2. The standard InChI is InChI=1S/C18H17N3OS/c1-11-6-9-23-16-10-12(2-3-13(11)16)18(22)21-15-5-8-20-17-14(15)4-7-19-17/h2-5,7-8,10-11H,6,9H2,1H3,(H2,19,20,21,22)/t11-/m0/s1. The Morgan fingerprint density at radius 1 is 1.35 bits per heavy atom. The third kappa shape index (κ3) is 2.61. The Kier molecular flexibility index (Phi) is 3.58. The van der Waals surface area contributed by atoms with Crippen molar-refractivity contribution in [2.45, 2.75) is 24.2 Å². The van der Waals surface area contributed by atoms with Crippen LogP contribution in [-0.2, 0) is 0 Å². The second kappa shape index (κ2) is 5.74. The average molecular weight is 323 g/mol. The van der Waals surface area contributed by atoms with Gasteiger partial charge in [0.25, 0.3) is 5.91 Å². The predicted octanol–water partition coefficient (Wildman–Crippen LogP) is 4.41. The molecule has 0 spiro atoms. The highest BCUT2D eigenvalue weighted by Gasteiger charge is 2.19. The average Bonchev–Trinajstić information content (AvgIpc) is 3.04. The summed E-state index contributed by atoms with van der Waals surface area (Å²) in [6, 6.07) is 9.78. The minimum absolute atomic E-state index is 0.0830. The number of aromatic amines is 1. The number of hydrogen-bond acceptors (Lipinski definition) is 3. The first kappa shape index (κ1) is 14.3. The third-order valence-corrected chi connectivity index (χ3v) is 5.43. The van der Waals surface area contributed by atoms with Gasteiger partial charge in [0.15, 0.2) is 0 Å². The number of anilines is 1. The fourth-order valence-electron chi connectivity index (χ4n) is 2.97. The van der Waals surface area contributed by atoms with Gasteiger partial charge in [0.1, 0.15) is 5.65 Å². The van der Waals surface area contributed by atoms with Crippen molar-refractivity contribution < 1.29 is 4.79 Å². The van der Waals surface area contributed by atoms with Crippen molar-refractivity contribution in [2.75, 3.05) is 11.1 Å². The maximum atomic E-state index is 12.6. The van der Waals surface area contributed by atoms with E-state index in [2.05, 4.69) is 28.3 Å². The van der Waals surface area contributed by atoms with Gasteiger partial charge < -0.3 is 10.3 Å². The Morgan fingerprint density at radius 2 is 2.26 bits per heavy atom. The molecule has 0 unspecified atom stereocenters. The van der Waals surface area contributed by atoms with E-state index in [-0.39, 0.29) is 5.91 Å². The zero-order valence-electron chi connectivity index (χ0n) is 12.8. The SMILES string of the molecule is C[C@H]1CCSc2cc(C(=O)Nc3ccnc4[nH]ccc34)ccc21. The van der Waals surface area contributed by atoms with Crippen molar-refractivity contribution in [2.24, 2.45) is 0 Å². The quantitative estimate of drug-likeness (QED) is 0.734. The number of rotatable bonds is 2. The summed E-state index contributed by atoms with van der Waals surface area (Å²) >= 11 is 1.84. The molecule has 1 aromatic carbocycles. The molecule has 0 fully saturated rings. The van der Waals surface area contributed by atoms with Gasteiger partial charge in [-0.3, -0.25) is 4.79 Å². The molecule has 1 aliphatic rings. The minimum Gasteiger partial charge on any atom is -0.346 e. The van der Waals surface area contributed by atoms with E-state index < -0.39 is 0 Å². The van der Waals surface area contributed by atoms with Gasteiger partial charge in [-0.05, 0) is 47.9 Å². The third-order valence-electron chi connectivity index (χ3n) is 4.32. The number of benzene rings is 1. The molecule has 0 bridgehead atoms. The van der Waals surface area contributed by atoms with Gasteiger partial charge in [-0.1, -0.05) is 13.0 Å². The van der Waals surface area contributed by atoms with Gasteiger partial charge in [-0.25, -0.2) is 4.98 Å². The number of carbonyl (C=O) groups is 1. The lowest BCUT2D eigenvalue weighted by atomic mass is 9.96. The number of pyridine rings is 1. The molecule has 0 radical (unpaired) electrons. The minimum atomic E-state index is -0.0830. The van der Waals surface area contributed by atoms with Crippen molar-refractivity contribution in [1.29, 1.82) is 0 Å². The molecular formula is C18H17N3OS. The van der Waals surface area contributed by atoms with E-state index in [0.29, 0.717) is 11.5 Å². The number of carbonyl (C=O) groups excluding carboxylic acids is 1. The topological polar surface area (TPSA) is 57.8 Å². The Hall–Kier alpha value is -2.27. The van der Waals surface area contributed by atoms with Crippen molar-refractivity contribution in [3.8, 4) is 0 Å². The van der Waals surface area contributed by atoms with E-state index >= 15 is 0 Å². The Bertz CT molecular complexity index is 887. The molecule has 1 atom stereocenters. The van der Waals surface area contributed by atoms with Crippen LogP contribution in [0.4, 0.5) is 5.69 Å². The summed E-state index contributed by atoms with van der Waals surface area (Å²) in [5.74, 6) is 1.61. The van der Waals surface area contributed by atoms with E-state index in [9.17, 15) is 4.79 Å². The van der Waals surface area contributed by atoms with Gasteiger partial charge in [0, 0.05) is 28.2 Å². The number of hydrogen-bond donors (Lipinski definition) is 2. The number of amides is 1. The van der Waals surface area contributed by atoms with Crippen molar-refractivity contribution in [3.63, 3.8) is 0 Å². The molecule has 2 N–H and O–H groups in total. The van der Waals surface area contributed by atoms with Crippen molar-refractivity contribution >= 4 is 34.4 Å². The van der Waals surface area contributed by atoms with Crippen LogP contribution in [0.1, 0.15) is 35.2 Å². The lowest BCUT2D eigenvalue weighted by Crippen LogP contribution is -2.13. The fraction of sp³-hybridized carbons (Fsp3) is 0.222. The summed E-state index contributed by atoms with van der Waals surface area (Å²) in [6.45, 7) is 2.25. The molecule has 3 aromatic rings. The van der Waals surface area contributed by atoms with E-state index in [0.717, 1.165) is 22.5 Å². The summed E-state index contributed by atoms with van der Waals surface area (Å²) < 4.78 is 0. The van der Waals surface area contributed by atoms with Crippen LogP contribution in [0.5, 0.6) is 0 Å². The molecular weight excluding hydrogens is 306 g/mol. The number of H-pyrrole nitrogens is 1. The lowest BCUT2D eigenvalue weighted by Gasteiger charge is -2.22. The highest BCUT2D eigenvalue weighted by Crippen LogP contribution is 2.37. The molecule has 4 nitrogen and oxygen atoms in total. The Labute approximate surface area is 138 Å². The summed E-state index contributed by atoms with van der Waals surface area (Å²) in [5, 5.41) is 3.92. The maximum absolute atomic E-state index is 12.6. The monoisotopic (exact) mass is 323 g/mol. The summed E-state index contributed by atoms with van der Waals surface area (Å²) in [7, 11) is 0. The van der Waals surface area contributed by atoms with Gasteiger partial charge >= 0.3 is 0 Å². The van der Waals surface area contributed by atoms with E-state index in [1.165, 1.54) is 16.9 Å². The van der Waals surface area contributed by atoms with Crippen molar-refractivity contribution in [3.05, 3.63) is 53.9 Å². The van der Waals surface area contributed by atoms with E-state index in [4.69, 9.17) is 0 Å². The smallest absolute Gasteiger partial charge is 0.255 e. The summed E-state index contributed by atoms with van der Waals surface area (Å²) in [4.78, 5) is 21.1. The van der Waals surface area contributed by atoms with E-state index in [1.807, 2.05) is 42.2 Å². The molecule has 2 aromatic heterocycles. The first-order valence-electron chi connectivity index (χ1n) is 7.72. The normalized spacial score (nSPS) is 17.0. The number of nitrogens with one attached hydrogen (secondary N) is 2. The number of nitrogens with zero attached hydrogens (tertiary/aromatic N) is 1. The number of thioether (sulfide) groups is 1. The second-order valence-corrected chi connectivity index (χ2v) is 6.98. The highest BCUT2D eigenvalue weighted by molar-refractivity contribution is 7.99. The van der Waals surface area contributed by atoms with Crippen LogP contribution >= 0.6 is 11.8 Å². The largest absolute Gasteiger partial charge is 0.346 e. The summed E-state index contributed by atoms with van der Waals surface area (Å²) in [5.41, 5.74) is 3.61. The molecule has 5 heteroatoms. The van der Waals surface area contributed by atoms with Crippen LogP contribution in [0.2, 0.25) is 0 Å². The van der Waals surface area contributed by atoms with Crippen LogP contribution in [0.25, 0.3) is 11.0 Å². The van der Waals surface area contributed by atoms with Gasteiger partial charge in [-0.15, -0.1) is 11.8 Å². The lowest BCUT2D eigenvalue weighted by molar-refractivity contribution is 0.102. The fourth-order valence-corrected chi connectivity index (χ4v) is 4.31. The van der Waals surface area contributed by atoms with Gasteiger partial charge in [-0.2, -0.15) is 0 Å². The van der Waals surface area contributed by atoms with Crippen LogP contribution in [0.15, 0.2) is 47.6 Å². The molecule has 1 aliphatic heterocycles. The first-order valence-corrected chi connectivity index (χ1v) is 8.71. The molecule has 116 valence electrons. The van der Waals surface area contributed by atoms with Crippen LogP contribution in [0, 0.1) is 0 Å². The molecule has 0 saturated carbocycles. The predicted molar refractivity (Wildman–Crippen MR) is 94.2 cm³/mol. The van der Waals surface area contributed by atoms with Crippen LogP contribution in [-0.4, -0.2) is 21.6 Å². The van der Waals surface area contributed by atoms with Gasteiger partial charge in [0.05, 0.1) is 5.69 Å². The maximum Gasteiger partial charge on any atom is 0.255 e. The molecule has 23 heavy (non-hydrogen) atoms. The summed E-state index contributed by atoms with van der Waals surface area (Å²) in [6.07, 6.45) is 4.72. The molecule has 0 saturated heterocycles. The number of aromatic nitrogens is 2. The zero-order chi connectivity index (χ0) is 15.8. The molecule has 3 heterocycles. The second-order valence-electron chi connectivity index (χ2n) is 5.84. The molecule has 1 amide bonds. The molecule has 4 rings (SSSR count). The molecule has 0 aliphatic carbocycles. The first-order chi connectivity index (χ1) is 11.2. The highest BCUT2D eigenvalue weighted by atomic mass is 32.2. The van der Waals surface area contributed by atoms with E-state index in [1.54, 1.807) is 6.20 Å². The van der Waals surface area contributed by atoms with Crippen LogP contribution < -0.4 is 5.32 Å². The van der Waals surface area contributed by atoms with Crippen molar-refractivity contribution in [1.82, 2.24) is 9.97 Å². The zero-order valence-corrected chi connectivity index (χ0v) is 13.6. The Morgan fingerprint density at radius 3 is 3.17 bits per heavy atom. The van der Waals surface area contributed by atoms with Gasteiger partial charge in [0.2, 0.25) is 0 Å².